The Labute approximate surface area is 163 Å². The highest BCUT2D eigenvalue weighted by Gasteiger charge is 2.17. The lowest BCUT2D eigenvalue weighted by atomic mass is 10.2. The van der Waals surface area contributed by atoms with Gasteiger partial charge >= 0.3 is 5.97 Å². The summed E-state index contributed by atoms with van der Waals surface area (Å²) < 4.78 is 19.0. The molecule has 0 aliphatic heterocycles. The van der Waals surface area contributed by atoms with Gasteiger partial charge in [-0.3, -0.25) is 4.79 Å². The number of anilines is 1. The van der Waals surface area contributed by atoms with Crippen molar-refractivity contribution in [3.05, 3.63) is 74.4 Å². The molecule has 0 spiro atoms. The highest BCUT2D eigenvalue weighted by Crippen LogP contribution is 2.26. The number of rotatable bonds is 6. The third-order valence-corrected chi connectivity index (χ3v) is 5.29. The minimum absolute atomic E-state index is 0.0502. The minimum atomic E-state index is -0.606. The average molecular weight is 401 g/mol. The Morgan fingerprint density at radius 1 is 1.15 bits per heavy atom. The lowest BCUT2D eigenvalue weighted by Crippen LogP contribution is -2.21. The van der Waals surface area contributed by atoms with Crippen molar-refractivity contribution in [2.24, 2.45) is 0 Å². The summed E-state index contributed by atoms with van der Waals surface area (Å²) in [6, 6.07) is 11.9. The number of aryl methyl sites for hydroxylation is 1. The van der Waals surface area contributed by atoms with Crippen LogP contribution in [0.4, 0.5) is 10.1 Å². The summed E-state index contributed by atoms with van der Waals surface area (Å²) in [5, 5.41) is 6.17. The maximum absolute atomic E-state index is 13.8. The normalized spacial score (nSPS) is 11.3. The number of carbonyl (C=O) groups excluding carboxylic acids is 2. The summed E-state index contributed by atoms with van der Waals surface area (Å²) in [5.74, 6) is -1.75. The third-order valence-electron chi connectivity index (χ3n) is 3.57. The van der Waals surface area contributed by atoms with E-state index in [1.807, 2.05) is 35.0 Å². The standard InChI is InChI=1S/C20H16FNO3S2/c1-13-6-7-17(16(21)10-13)22-19(23)12-25-20(24)15(18-5-3-9-27-18)11-14-4-2-8-26-14/h2-11H,12H2,1H3,(H,22,23)/b15-11+. The molecule has 0 fully saturated rings. The van der Waals surface area contributed by atoms with Gasteiger partial charge in [0, 0.05) is 9.75 Å². The van der Waals surface area contributed by atoms with E-state index >= 15 is 0 Å². The molecule has 0 radical (unpaired) electrons. The molecule has 138 valence electrons. The molecule has 0 saturated carbocycles. The molecule has 0 aliphatic rings. The number of ether oxygens (including phenoxy) is 1. The third kappa shape index (κ3) is 5.12. The second-order valence-corrected chi connectivity index (χ2v) is 7.59. The van der Waals surface area contributed by atoms with E-state index < -0.39 is 24.3 Å². The van der Waals surface area contributed by atoms with Crippen molar-refractivity contribution in [3.63, 3.8) is 0 Å². The van der Waals surface area contributed by atoms with Crippen LogP contribution in [-0.2, 0) is 14.3 Å². The van der Waals surface area contributed by atoms with E-state index in [9.17, 15) is 14.0 Å². The van der Waals surface area contributed by atoms with Gasteiger partial charge < -0.3 is 10.1 Å². The fourth-order valence-corrected chi connectivity index (χ4v) is 3.68. The van der Waals surface area contributed by atoms with E-state index in [1.54, 1.807) is 19.1 Å². The number of hydrogen-bond acceptors (Lipinski definition) is 5. The molecule has 1 aromatic carbocycles. The zero-order valence-electron chi connectivity index (χ0n) is 14.4. The number of nitrogens with one attached hydrogen (secondary N) is 1. The van der Waals surface area contributed by atoms with Gasteiger partial charge in [0.15, 0.2) is 6.61 Å². The fourth-order valence-electron chi connectivity index (χ4n) is 2.29. The van der Waals surface area contributed by atoms with Gasteiger partial charge in [-0.2, -0.15) is 0 Å². The summed E-state index contributed by atoms with van der Waals surface area (Å²) >= 11 is 2.90. The summed E-state index contributed by atoms with van der Waals surface area (Å²) in [5.41, 5.74) is 1.17. The molecule has 2 heterocycles. The molecule has 1 N–H and O–H groups in total. The van der Waals surface area contributed by atoms with Crippen molar-refractivity contribution in [1.82, 2.24) is 0 Å². The first-order chi connectivity index (χ1) is 13.0. The van der Waals surface area contributed by atoms with Crippen LogP contribution in [0.2, 0.25) is 0 Å². The average Bonchev–Trinajstić information content (AvgIpc) is 3.33. The molecule has 0 bridgehead atoms. The van der Waals surface area contributed by atoms with Crippen LogP contribution in [0.5, 0.6) is 0 Å². The van der Waals surface area contributed by atoms with Crippen molar-refractivity contribution < 1.29 is 18.7 Å². The second-order valence-electron chi connectivity index (χ2n) is 5.66. The molecule has 0 unspecified atom stereocenters. The van der Waals surface area contributed by atoms with Crippen LogP contribution >= 0.6 is 22.7 Å². The van der Waals surface area contributed by atoms with Crippen molar-refractivity contribution in [2.75, 3.05) is 11.9 Å². The number of amides is 1. The highest BCUT2D eigenvalue weighted by atomic mass is 32.1. The second kappa shape index (κ2) is 8.75. The molecule has 4 nitrogen and oxygen atoms in total. The van der Waals surface area contributed by atoms with E-state index in [1.165, 1.54) is 34.8 Å². The Bertz CT molecular complexity index is 963. The lowest BCUT2D eigenvalue weighted by molar-refractivity contribution is -0.141. The van der Waals surface area contributed by atoms with Crippen LogP contribution in [0.15, 0.2) is 53.2 Å². The molecule has 7 heteroatoms. The topological polar surface area (TPSA) is 55.4 Å². The summed E-state index contributed by atoms with van der Waals surface area (Å²) in [4.78, 5) is 26.2. The summed E-state index contributed by atoms with van der Waals surface area (Å²) in [6.45, 7) is 1.25. The van der Waals surface area contributed by atoms with E-state index in [2.05, 4.69) is 5.32 Å². The largest absolute Gasteiger partial charge is 0.452 e. The molecule has 1 amide bonds. The van der Waals surface area contributed by atoms with Crippen LogP contribution in [0, 0.1) is 12.7 Å². The first kappa shape index (κ1) is 19.0. The van der Waals surface area contributed by atoms with Gasteiger partial charge in [-0.25, -0.2) is 9.18 Å². The predicted molar refractivity (Wildman–Crippen MR) is 107 cm³/mol. The van der Waals surface area contributed by atoms with E-state index in [-0.39, 0.29) is 5.69 Å². The molecule has 0 aliphatic carbocycles. The molecule has 27 heavy (non-hydrogen) atoms. The van der Waals surface area contributed by atoms with Gasteiger partial charge in [0.05, 0.1) is 11.3 Å². The molecular formula is C20H16FNO3S2. The Balaban J connectivity index is 1.66. The Morgan fingerprint density at radius 3 is 2.59 bits per heavy atom. The number of esters is 1. The predicted octanol–water partition coefficient (Wildman–Crippen LogP) is 4.98. The number of thiophene rings is 2. The smallest absolute Gasteiger partial charge is 0.340 e. The minimum Gasteiger partial charge on any atom is -0.452 e. The summed E-state index contributed by atoms with van der Waals surface area (Å²) in [6.07, 6.45) is 1.73. The number of halogens is 1. The van der Waals surface area contributed by atoms with E-state index in [0.29, 0.717) is 5.57 Å². The molecule has 3 rings (SSSR count). The van der Waals surface area contributed by atoms with Crippen molar-refractivity contribution in [1.29, 1.82) is 0 Å². The van der Waals surface area contributed by atoms with Gasteiger partial charge in [0.2, 0.25) is 0 Å². The Kier molecular flexibility index (Phi) is 6.16. The number of hydrogen-bond donors (Lipinski definition) is 1. The molecule has 0 atom stereocenters. The van der Waals surface area contributed by atoms with Crippen LogP contribution in [-0.4, -0.2) is 18.5 Å². The fraction of sp³-hybridized carbons (Fsp3) is 0.100. The van der Waals surface area contributed by atoms with Crippen LogP contribution in [0.1, 0.15) is 15.3 Å². The van der Waals surface area contributed by atoms with E-state index in [0.717, 1.165) is 15.3 Å². The first-order valence-electron chi connectivity index (χ1n) is 8.05. The maximum Gasteiger partial charge on any atom is 0.340 e. The van der Waals surface area contributed by atoms with Crippen LogP contribution in [0.3, 0.4) is 0 Å². The van der Waals surface area contributed by atoms with Crippen LogP contribution in [0.25, 0.3) is 11.6 Å². The van der Waals surface area contributed by atoms with Crippen LogP contribution < -0.4 is 5.32 Å². The first-order valence-corrected chi connectivity index (χ1v) is 9.81. The molecule has 3 aromatic rings. The monoisotopic (exact) mass is 401 g/mol. The quantitative estimate of drug-likeness (QED) is 0.468. The van der Waals surface area contributed by atoms with Crippen molar-refractivity contribution >= 4 is 51.9 Å². The zero-order valence-corrected chi connectivity index (χ0v) is 16.0. The van der Waals surface area contributed by atoms with Gasteiger partial charge in [-0.15, -0.1) is 22.7 Å². The number of benzene rings is 1. The SMILES string of the molecule is Cc1ccc(NC(=O)COC(=O)/C(=C/c2cccs2)c2cccs2)c(F)c1. The molecule has 0 saturated heterocycles. The van der Waals surface area contributed by atoms with Crippen molar-refractivity contribution in [3.8, 4) is 0 Å². The Morgan fingerprint density at radius 2 is 1.93 bits per heavy atom. The zero-order chi connectivity index (χ0) is 19.2. The number of carbonyl (C=O) groups is 2. The molecule has 2 aromatic heterocycles. The van der Waals surface area contributed by atoms with Gasteiger partial charge in [-0.1, -0.05) is 18.2 Å². The van der Waals surface area contributed by atoms with E-state index in [4.69, 9.17) is 4.74 Å². The lowest BCUT2D eigenvalue weighted by Gasteiger charge is -2.09. The molecular weight excluding hydrogens is 385 g/mol. The van der Waals surface area contributed by atoms with Crippen molar-refractivity contribution in [2.45, 2.75) is 6.92 Å². The van der Waals surface area contributed by atoms with Gasteiger partial charge in [0.25, 0.3) is 5.91 Å². The van der Waals surface area contributed by atoms with Gasteiger partial charge in [0.1, 0.15) is 5.82 Å². The maximum atomic E-state index is 13.8. The summed E-state index contributed by atoms with van der Waals surface area (Å²) in [7, 11) is 0. The highest BCUT2D eigenvalue weighted by molar-refractivity contribution is 7.12. The Hall–Kier alpha value is -2.77. The van der Waals surface area contributed by atoms with Gasteiger partial charge in [-0.05, 0) is 53.6 Å².